The summed E-state index contributed by atoms with van der Waals surface area (Å²) in [7, 11) is 0. The van der Waals surface area contributed by atoms with Gasteiger partial charge in [-0.3, -0.25) is 4.90 Å². The summed E-state index contributed by atoms with van der Waals surface area (Å²) in [6, 6.07) is 0.756. The molecular weight excluding hydrogens is 196 g/mol. The van der Waals surface area contributed by atoms with Crippen LogP contribution in [0.4, 0.5) is 0 Å². The topological polar surface area (TPSA) is 29.3 Å². The number of likely N-dealkylation sites (tertiary alicyclic amines) is 1. The minimum atomic E-state index is 0.235. The second-order valence-electron chi connectivity index (χ2n) is 6.69. The Morgan fingerprint density at radius 2 is 2.06 bits per heavy atom. The summed E-state index contributed by atoms with van der Waals surface area (Å²) in [5, 5.41) is 0. The van der Waals surface area contributed by atoms with Crippen LogP contribution in [0.5, 0.6) is 0 Å². The summed E-state index contributed by atoms with van der Waals surface area (Å²) < 4.78 is 0. The monoisotopic (exact) mass is 224 g/mol. The molecule has 2 fully saturated rings. The Bertz CT molecular complexity index is 257. The minimum absolute atomic E-state index is 0.235. The summed E-state index contributed by atoms with van der Waals surface area (Å²) in [4.78, 5) is 2.74. The van der Waals surface area contributed by atoms with E-state index in [1.54, 1.807) is 0 Å². The van der Waals surface area contributed by atoms with E-state index in [1.807, 2.05) is 0 Å². The van der Waals surface area contributed by atoms with Crippen molar-refractivity contribution in [1.82, 2.24) is 4.90 Å². The van der Waals surface area contributed by atoms with Crippen LogP contribution in [0.15, 0.2) is 0 Å². The van der Waals surface area contributed by atoms with Crippen LogP contribution in [0.25, 0.3) is 0 Å². The van der Waals surface area contributed by atoms with Gasteiger partial charge in [0.15, 0.2) is 0 Å². The van der Waals surface area contributed by atoms with E-state index in [-0.39, 0.29) is 5.54 Å². The van der Waals surface area contributed by atoms with Gasteiger partial charge in [0.05, 0.1) is 0 Å². The van der Waals surface area contributed by atoms with E-state index in [0.29, 0.717) is 5.41 Å². The molecule has 2 rings (SSSR count). The molecule has 1 aliphatic carbocycles. The Labute approximate surface area is 101 Å². The Hall–Kier alpha value is -0.0800. The van der Waals surface area contributed by atoms with E-state index in [2.05, 4.69) is 32.6 Å². The third kappa shape index (κ3) is 1.70. The third-order valence-corrected chi connectivity index (χ3v) is 5.40. The summed E-state index contributed by atoms with van der Waals surface area (Å²) in [5.74, 6) is 0.760. The smallest absolute Gasteiger partial charge is 0.0360 e. The van der Waals surface area contributed by atoms with E-state index < -0.39 is 0 Å². The molecule has 0 spiro atoms. The summed E-state index contributed by atoms with van der Waals surface area (Å²) in [6.07, 6.45) is 5.45. The van der Waals surface area contributed by atoms with Crippen molar-refractivity contribution in [2.45, 2.75) is 65.0 Å². The van der Waals surface area contributed by atoms with Gasteiger partial charge in [-0.05, 0) is 50.5 Å². The first-order valence-electron chi connectivity index (χ1n) is 6.91. The summed E-state index contributed by atoms with van der Waals surface area (Å²) in [6.45, 7) is 11.6. The second kappa shape index (κ2) is 3.99. The van der Waals surface area contributed by atoms with Crippen molar-refractivity contribution >= 4 is 0 Å². The first-order chi connectivity index (χ1) is 7.44. The highest BCUT2D eigenvalue weighted by Crippen LogP contribution is 2.57. The largest absolute Gasteiger partial charge is 0.329 e. The van der Waals surface area contributed by atoms with Gasteiger partial charge in [0.25, 0.3) is 0 Å². The van der Waals surface area contributed by atoms with Crippen LogP contribution in [-0.4, -0.2) is 29.6 Å². The fraction of sp³-hybridized carbons (Fsp3) is 1.00. The quantitative estimate of drug-likeness (QED) is 0.795. The zero-order valence-electron chi connectivity index (χ0n) is 11.4. The Morgan fingerprint density at radius 1 is 1.44 bits per heavy atom. The van der Waals surface area contributed by atoms with Gasteiger partial charge in [-0.25, -0.2) is 0 Å². The number of hydrogen-bond donors (Lipinski definition) is 1. The van der Waals surface area contributed by atoms with Gasteiger partial charge in [-0.15, -0.1) is 0 Å². The molecule has 1 aliphatic heterocycles. The highest BCUT2D eigenvalue weighted by molar-refractivity contribution is 5.11. The zero-order chi connectivity index (χ0) is 12.0. The van der Waals surface area contributed by atoms with Gasteiger partial charge in [-0.2, -0.15) is 0 Å². The molecule has 1 heterocycles. The maximum Gasteiger partial charge on any atom is 0.0360 e. The Balaban J connectivity index is 2.20. The molecule has 2 nitrogen and oxygen atoms in total. The molecule has 1 saturated heterocycles. The van der Waals surface area contributed by atoms with Crippen LogP contribution in [0.1, 0.15) is 53.4 Å². The molecule has 16 heavy (non-hydrogen) atoms. The van der Waals surface area contributed by atoms with Gasteiger partial charge in [0.2, 0.25) is 0 Å². The molecule has 2 atom stereocenters. The van der Waals surface area contributed by atoms with Crippen LogP contribution >= 0.6 is 0 Å². The standard InChI is InChI=1S/C14H28N2/c1-11(2)12-6-5-9-16(12)14(4,10-15)13(3)7-8-13/h11-12H,5-10,15H2,1-4H3. The van der Waals surface area contributed by atoms with Gasteiger partial charge in [0.1, 0.15) is 0 Å². The molecule has 0 aromatic heterocycles. The normalized spacial score (nSPS) is 33.0. The molecule has 2 heteroatoms. The maximum absolute atomic E-state index is 6.13. The molecule has 0 aromatic rings. The lowest BCUT2D eigenvalue weighted by atomic mass is 9.80. The SMILES string of the molecule is CC(C)C1CCCN1C(C)(CN)C1(C)CC1. The lowest BCUT2D eigenvalue weighted by Gasteiger charge is -2.47. The molecule has 1 saturated carbocycles. The molecule has 0 radical (unpaired) electrons. The number of rotatable bonds is 4. The molecule has 0 bridgehead atoms. The van der Waals surface area contributed by atoms with Gasteiger partial charge >= 0.3 is 0 Å². The Kier molecular flexibility index (Phi) is 3.09. The average molecular weight is 224 g/mol. The van der Waals surface area contributed by atoms with Crippen molar-refractivity contribution < 1.29 is 0 Å². The predicted molar refractivity (Wildman–Crippen MR) is 69.4 cm³/mol. The number of nitrogens with zero attached hydrogens (tertiary/aromatic N) is 1. The van der Waals surface area contributed by atoms with Crippen LogP contribution in [0.2, 0.25) is 0 Å². The molecule has 2 unspecified atom stereocenters. The van der Waals surface area contributed by atoms with E-state index in [1.165, 1.54) is 32.2 Å². The van der Waals surface area contributed by atoms with Gasteiger partial charge < -0.3 is 5.73 Å². The molecule has 0 amide bonds. The van der Waals surface area contributed by atoms with Crippen LogP contribution in [0.3, 0.4) is 0 Å². The first-order valence-corrected chi connectivity index (χ1v) is 6.91. The van der Waals surface area contributed by atoms with Crippen molar-refractivity contribution in [1.29, 1.82) is 0 Å². The lowest BCUT2D eigenvalue weighted by Crippen LogP contribution is -2.59. The van der Waals surface area contributed by atoms with E-state index in [0.717, 1.165) is 18.5 Å². The fourth-order valence-electron chi connectivity index (χ4n) is 3.53. The van der Waals surface area contributed by atoms with Gasteiger partial charge in [-0.1, -0.05) is 20.8 Å². The Morgan fingerprint density at radius 3 is 2.50 bits per heavy atom. The van der Waals surface area contributed by atoms with Crippen LogP contribution in [0, 0.1) is 11.3 Å². The molecule has 2 N–H and O–H groups in total. The predicted octanol–water partition coefficient (Wildman–Crippen LogP) is 2.62. The fourth-order valence-corrected chi connectivity index (χ4v) is 3.53. The molecular formula is C14H28N2. The highest BCUT2D eigenvalue weighted by atomic mass is 15.3. The summed E-state index contributed by atoms with van der Waals surface area (Å²) >= 11 is 0. The van der Waals surface area contributed by atoms with E-state index in [9.17, 15) is 0 Å². The molecule has 94 valence electrons. The number of nitrogens with two attached hydrogens (primary N) is 1. The average Bonchev–Trinajstić information content (AvgIpc) is 2.84. The van der Waals surface area contributed by atoms with Crippen molar-refractivity contribution in [2.75, 3.05) is 13.1 Å². The zero-order valence-corrected chi connectivity index (χ0v) is 11.4. The summed E-state index contributed by atoms with van der Waals surface area (Å²) in [5.41, 5.74) is 6.85. The van der Waals surface area contributed by atoms with Crippen molar-refractivity contribution in [3.8, 4) is 0 Å². The van der Waals surface area contributed by atoms with Crippen molar-refractivity contribution in [3.63, 3.8) is 0 Å². The third-order valence-electron chi connectivity index (χ3n) is 5.40. The van der Waals surface area contributed by atoms with Gasteiger partial charge in [0, 0.05) is 18.1 Å². The first kappa shape index (κ1) is 12.4. The maximum atomic E-state index is 6.13. The van der Waals surface area contributed by atoms with Crippen molar-refractivity contribution in [2.24, 2.45) is 17.1 Å². The lowest BCUT2D eigenvalue weighted by molar-refractivity contribution is 0.0210. The van der Waals surface area contributed by atoms with Crippen LogP contribution < -0.4 is 5.73 Å². The van der Waals surface area contributed by atoms with Crippen molar-refractivity contribution in [3.05, 3.63) is 0 Å². The van der Waals surface area contributed by atoms with E-state index in [4.69, 9.17) is 5.73 Å². The van der Waals surface area contributed by atoms with Crippen LogP contribution in [-0.2, 0) is 0 Å². The highest BCUT2D eigenvalue weighted by Gasteiger charge is 2.57. The second-order valence-corrected chi connectivity index (χ2v) is 6.69. The minimum Gasteiger partial charge on any atom is -0.329 e. The van der Waals surface area contributed by atoms with E-state index >= 15 is 0 Å². The molecule has 2 aliphatic rings. The number of hydrogen-bond acceptors (Lipinski definition) is 2. The molecule has 0 aromatic carbocycles.